The van der Waals surface area contributed by atoms with Gasteiger partial charge in [-0.05, 0) is 81.8 Å². The van der Waals surface area contributed by atoms with Crippen LogP contribution in [0.3, 0.4) is 0 Å². The highest BCUT2D eigenvalue weighted by atomic mass is 35.5. The summed E-state index contributed by atoms with van der Waals surface area (Å²) >= 11 is 6.57. The molecule has 2 aromatic heterocycles. The molecule has 0 radical (unpaired) electrons. The van der Waals surface area contributed by atoms with E-state index in [2.05, 4.69) is 44.6 Å². The van der Waals surface area contributed by atoms with Crippen LogP contribution in [-0.4, -0.2) is 81.4 Å². The molecule has 1 unspecified atom stereocenters. The van der Waals surface area contributed by atoms with E-state index >= 15 is 0 Å². The Bertz CT molecular complexity index is 1930. The minimum atomic E-state index is -0.891. The first-order valence-corrected chi connectivity index (χ1v) is 17.9. The van der Waals surface area contributed by atoms with Crippen molar-refractivity contribution in [2.45, 2.75) is 76.9 Å². The molecule has 270 valence electrons. The normalized spacial score (nSPS) is 17.1. The molecule has 1 atom stereocenters. The zero-order valence-corrected chi connectivity index (χ0v) is 30.6. The van der Waals surface area contributed by atoms with Crippen LogP contribution in [0.1, 0.15) is 70.1 Å². The smallest absolute Gasteiger partial charge is 0.235 e. The van der Waals surface area contributed by atoms with Gasteiger partial charge in [-0.3, -0.25) is 24.4 Å². The van der Waals surface area contributed by atoms with Crippen LogP contribution in [0.2, 0.25) is 5.02 Å². The van der Waals surface area contributed by atoms with Gasteiger partial charge in [-0.25, -0.2) is 4.98 Å². The number of imide groups is 1. The molecule has 2 aliphatic heterocycles. The van der Waals surface area contributed by atoms with E-state index < -0.39 is 11.5 Å². The first-order chi connectivity index (χ1) is 24.3. The van der Waals surface area contributed by atoms with Crippen LogP contribution in [0.25, 0.3) is 10.9 Å². The molecule has 14 heteroatoms. The highest BCUT2D eigenvalue weighted by molar-refractivity contribution is 6.32. The van der Waals surface area contributed by atoms with E-state index in [0.717, 1.165) is 72.3 Å². The van der Waals surface area contributed by atoms with E-state index in [-0.39, 0.29) is 11.8 Å². The Labute approximate surface area is 303 Å². The van der Waals surface area contributed by atoms with Crippen LogP contribution in [0.15, 0.2) is 42.6 Å². The second-order valence-electron chi connectivity index (χ2n) is 14.1. The number of hydrogen-bond donors (Lipinski definition) is 3. The standard InChI is InChI=1S/C37H46ClN9O4/c1-6-23-7-8-24(19-30(23)47(22-48)18-15-37(2,3)51)40-34-29(38)21-39-36(42-34)46-16-13-25(14-17-46)44(4)26-9-10-27-31(20-26)45(5)43-33(27)28-11-12-32(49)41-35(28)50/h7-10,19-22,25,28,51H,6,11-18H2,1-5H3,(H,39,40,42)(H,41,49,50). The van der Waals surface area contributed by atoms with E-state index in [1.165, 1.54) is 0 Å². The summed E-state index contributed by atoms with van der Waals surface area (Å²) in [5.74, 6) is 0.109. The number of rotatable bonds is 12. The highest BCUT2D eigenvalue weighted by Gasteiger charge is 2.32. The number of hydrogen-bond acceptors (Lipinski definition) is 10. The van der Waals surface area contributed by atoms with Crippen molar-refractivity contribution >= 4 is 69.6 Å². The van der Waals surface area contributed by atoms with Crippen molar-refractivity contribution in [1.82, 2.24) is 25.1 Å². The van der Waals surface area contributed by atoms with Crippen LogP contribution in [0.5, 0.6) is 0 Å². The van der Waals surface area contributed by atoms with E-state index in [1.807, 2.05) is 42.9 Å². The molecule has 2 aliphatic rings. The summed E-state index contributed by atoms with van der Waals surface area (Å²) in [5, 5.41) is 22.0. The molecule has 13 nitrogen and oxygen atoms in total. The van der Waals surface area contributed by atoms with Gasteiger partial charge in [0.25, 0.3) is 0 Å². The van der Waals surface area contributed by atoms with Crippen LogP contribution >= 0.6 is 11.6 Å². The number of carbonyl (C=O) groups is 3. The topological polar surface area (TPSA) is 149 Å². The van der Waals surface area contributed by atoms with Crippen molar-refractivity contribution in [3.8, 4) is 0 Å². The molecule has 51 heavy (non-hydrogen) atoms. The number of benzene rings is 2. The molecule has 0 saturated carbocycles. The van der Waals surface area contributed by atoms with Crippen molar-refractivity contribution in [2.75, 3.05) is 46.7 Å². The number of amides is 3. The summed E-state index contributed by atoms with van der Waals surface area (Å²) < 4.78 is 1.81. The summed E-state index contributed by atoms with van der Waals surface area (Å²) in [6.45, 7) is 7.41. The summed E-state index contributed by atoms with van der Waals surface area (Å²) in [7, 11) is 3.99. The molecule has 4 heterocycles. The fraction of sp³-hybridized carbons (Fsp3) is 0.459. The van der Waals surface area contributed by atoms with E-state index in [1.54, 1.807) is 24.9 Å². The van der Waals surface area contributed by atoms with Gasteiger partial charge in [-0.1, -0.05) is 24.6 Å². The van der Waals surface area contributed by atoms with Crippen LogP contribution < -0.4 is 25.3 Å². The fourth-order valence-electron chi connectivity index (χ4n) is 6.94. The van der Waals surface area contributed by atoms with Crippen molar-refractivity contribution in [3.05, 3.63) is 58.9 Å². The van der Waals surface area contributed by atoms with E-state index in [4.69, 9.17) is 21.7 Å². The zero-order valence-electron chi connectivity index (χ0n) is 29.8. The Kier molecular flexibility index (Phi) is 10.5. The Hall–Kier alpha value is -4.75. The molecule has 2 aromatic carbocycles. The van der Waals surface area contributed by atoms with E-state index in [9.17, 15) is 19.5 Å². The second kappa shape index (κ2) is 14.8. The predicted octanol–water partition coefficient (Wildman–Crippen LogP) is 5.07. The minimum Gasteiger partial charge on any atom is -0.390 e. The molecule has 0 spiro atoms. The number of piperidine rings is 2. The summed E-state index contributed by atoms with van der Waals surface area (Å²) in [5.41, 5.74) is 4.35. The molecular formula is C37H46ClN9O4. The SMILES string of the molecule is CCc1ccc(Nc2nc(N3CCC(N(C)c4ccc5c(C6CCC(=O)NC6=O)nn(C)c5c4)CC3)ncc2Cl)cc1N(C=O)CCC(C)(C)O. The lowest BCUT2D eigenvalue weighted by atomic mass is 9.92. The highest BCUT2D eigenvalue weighted by Crippen LogP contribution is 2.34. The van der Waals surface area contributed by atoms with Crippen LogP contribution in [-0.2, 0) is 27.9 Å². The molecule has 2 saturated heterocycles. The maximum atomic E-state index is 12.6. The van der Waals surface area contributed by atoms with Crippen LogP contribution in [0.4, 0.5) is 28.8 Å². The van der Waals surface area contributed by atoms with Gasteiger partial charge in [-0.2, -0.15) is 10.1 Å². The number of nitrogens with zero attached hydrogens (tertiary/aromatic N) is 7. The van der Waals surface area contributed by atoms with Crippen molar-refractivity contribution in [1.29, 1.82) is 0 Å². The summed E-state index contributed by atoms with van der Waals surface area (Å²) in [6.07, 6.45) is 6.16. The molecule has 0 aliphatic carbocycles. The number of anilines is 5. The molecular weight excluding hydrogens is 670 g/mol. The lowest BCUT2D eigenvalue weighted by Gasteiger charge is -2.38. The Morgan fingerprint density at radius 1 is 1.14 bits per heavy atom. The van der Waals surface area contributed by atoms with Gasteiger partial charge >= 0.3 is 0 Å². The Balaban J connectivity index is 1.12. The molecule has 0 bridgehead atoms. The van der Waals surface area contributed by atoms with Gasteiger partial charge in [0.05, 0.1) is 28.9 Å². The third-order valence-corrected chi connectivity index (χ3v) is 10.3. The number of aryl methyl sites for hydroxylation is 2. The predicted molar refractivity (Wildman–Crippen MR) is 200 cm³/mol. The average molecular weight is 716 g/mol. The number of nitrogens with one attached hydrogen (secondary N) is 2. The number of fused-ring (bicyclic) bond motifs is 1. The van der Waals surface area contributed by atoms with Crippen molar-refractivity contribution in [2.24, 2.45) is 7.05 Å². The van der Waals surface area contributed by atoms with E-state index in [0.29, 0.717) is 54.3 Å². The monoisotopic (exact) mass is 715 g/mol. The maximum absolute atomic E-state index is 12.6. The van der Waals surface area contributed by atoms with Gasteiger partial charge < -0.3 is 25.1 Å². The molecule has 4 aromatic rings. The third-order valence-electron chi connectivity index (χ3n) is 10.00. The Morgan fingerprint density at radius 3 is 2.59 bits per heavy atom. The second-order valence-corrected chi connectivity index (χ2v) is 14.5. The quantitative estimate of drug-likeness (QED) is 0.134. The molecule has 3 N–H and O–H groups in total. The molecule has 3 amide bonds. The number of aromatic nitrogens is 4. The average Bonchev–Trinajstić information content (AvgIpc) is 3.44. The first-order valence-electron chi connectivity index (χ1n) is 17.5. The number of aliphatic hydroxyl groups is 1. The molecule has 6 rings (SSSR count). The minimum absolute atomic E-state index is 0.235. The Morgan fingerprint density at radius 2 is 1.90 bits per heavy atom. The van der Waals surface area contributed by atoms with Gasteiger partial charge in [0.1, 0.15) is 5.02 Å². The third kappa shape index (κ3) is 7.94. The molecule has 2 fully saturated rings. The van der Waals surface area contributed by atoms with Crippen molar-refractivity contribution < 1.29 is 19.5 Å². The zero-order chi connectivity index (χ0) is 36.4. The summed E-state index contributed by atoms with van der Waals surface area (Å²) in [4.78, 5) is 51.8. The fourth-order valence-corrected chi connectivity index (χ4v) is 7.07. The first kappa shape index (κ1) is 36.1. The van der Waals surface area contributed by atoms with Gasteiger partial charge in [0, 0.05) is 68.6 Å². The van der Waals surface area contributed by atoms with Crippen molar-refractivity contribution in [3.63, 3.8) is 0 Å². The lowest BCUT2D eigenvalue weighted by Crippen LogP contribution is -2.44. The maximum Gasteiger partial charge on any atom is 0.235 e. The lowest BCUT2D eigenvalue weighted by molar-refractivity contribution is -0.134. The van der Waals surface area contributed by atoms with Gasteiger partial charge in [0.15, 0.2) is 5.82 Å². The van der Waals surface area contributed by atoms with Gasteiger partial charge in [-0.15, -0.1) is 0 Å². The van der Waals surface area contributed by atoms with Gasteiger partial charge in [0.2, 0.25) is 24.2 Å². The summed E-state index contributed by atoms with van der Waals surface area (Å²) in [6, 6.07) is 12.4. The number of halogens is 1. The largest absolute Gasteiger partial charge is 0.390 e. The van der Waals surface area contributed by atoms with Crippen LogP contribution in [0, 0.1) is 0 Å². The number of carbonyl (C=O) groups excluding carboxylic acids is 3.